The number of hydrogen-bond donors (Lipinski definition) is 2. The second-order valence-corrected chi connectivity index (χ2v) is 4.58. The summed E-state index contributed by atoms with van der Waals surface area (Å²) < 4.78 is 7.88. The third-order valence-corrected chi connectivity index (χ3v) is 3.32. The first-order valence-electron chi connectivity index (χ1n) is 7.02. The van der Waals surface area contributed by atoms with Crippen LogP contribution in [0, 0.1) is 0 Å². The predicted molar refractivity (Wildman–Crippen MR) is 79.3 cm³/mol. The minimum absolute atomic E-state index is 0.671. The molecule has 0 unspecified atom stereocenters. The van der Waals surface area contributed by atoms with E-state index in [0.29, 0.717) is 6.61 Å². The molecule has 106 valence electrons. The SMILES string of the molecule is CCNc1nnc(-c2cccc3c2OCCN3)n1CC. The molecule has 2 N–H and O–H groups in total. The van der Waals surface area contributed by atoms with E-state index in [0.717, 1.165) is 48.4 Å². The Balaban J connectivity index is 2.09. The predicted octanol–water partition coefficient (Wildman–Crippen LogP) is 2.20. The zero-order valence-electron chi connectivity index (χ0n) is 11.8. The van der Waals surface area contributed by atoms with Gasteiger partial charge in [-0.2, -0.15) is 0 Å². The largest absolute Gasteiger partial charge is 0.489 e. The number of nitrogens with one attached hydrogen (secondary N) is 2. The Bertz CT molecular complexity index is 608. The van der Waals surface area contributed by atoms with Gasteiger partial charge in [-0.3, -0.25) is 4.57 Å². The molecular formula is C14H19N5O. The van der Waals surface area contributed by atoms with E-state index in [9.17, 15) is 0 Å². The van der Waals surface area contributed by atoms with Crippen molar-refractivity contribution in [3.8, 4) is 17.1 Å². The summed E-state index contributed by atoms with van der Waals surface area (Å²) in [7, 11) is 0. The number of para-hydroxylation sites is 1. The van der Waals surface area contributed by atoms with Crippen LogP contribution in [0.3, 0.4) is 0 Å². The van der Waals surface area contributed by atoms with Gasteiger partial charge in [0.25, 0.3) is 0 Å². The summed E-state index contributed by atoms with van der Waals surface area (Å²) in [5, 5.41) is 15.1. The Kier molecular flexibility index (Phi) is 3.45. The highest BCUT2D eigenvalue weighted by molar-refractivity contribution is 5.76. The highest BCUT2D eigenvalue weighted by Gasteiger charge is 2.20. The Hall–Kier alpha value is -2.24. The van der Waals surface area contributed by atoms with E-state index in [1.54, 1.807) is 0 Å². The molecular weight excluding hydrogens is 254 g/mol. The van der Waals surface area contributed by atoms with E-state index in [2.05, 4.69) is 32.3 Å². The molecule has 0 aliphatic carbocycles. The van der Waals surface area contributed by atoms with Crippen molar-refractivity contribution in [1.82, 2.24) is 14.8 Å². The molecule has 0 fully saturated rings. The molecule has 0 radical (unpaired) electrons. The van der Waals surface area contributed by atoms with E-state index >= 15 is 0 Å². The van der Waals surface area contributed by atoms with Crippen molar-refractivity contribution in [3.63, 3.8) is 0 Å². The maximum atomic E-state index is 5.81. The molecule has 1 aromatic carbocycles. The van der Waals surface area contributed by atoms with Crippen molar-refractivity contribution >= 4 is 11.6 Å². The molecule has 0 bridgehead atoms. The van der Waals surface area contributed by atoms with Gasteiger partial charge in [-0.1, -0.05) is 6.07 Å². The summed E-state index contributed by atoms with van der Waals surface area (Å²) in [6.45, 7) is 7.27. The quantitative estimate of drug-likeness (QED) is 0.894. The summed E-state index contributed by atoms with van der Waals surface area (Å²) >= 11 is 0. The molecule has 6 nitrogen and oxygen atoms in total. The van der Waals surface area contributed by atoms with Gasteiger partial charge in [0, 0.05) is 19.6 Å². The summed E-state index contributed by atoms with van der Waals surface area (Å²) in [5.41, 5.74) is 2.00. The van der Waals surface area contributed by atoms with Crippen LogP contribution in [0.2, 0.25) is 0 Å². The number of rotatable bonds is 4. The molecule has 1 aliphatic rings. The van der Waals surface area contributed by atoms with Crippen molar-refractivity contribution in [2.45, 2.75) is 20.4 Å². The van der Waals surface area contributed by atoms with Gasteiger partial charge in [-0.25, -0.2) is 0 Å². The van der Waals surface area contributed by atoms with Gasteiger partial charge in [0.15, 0.2) is 11.6 Å². The molecule has 1 aromatic heterocycles. The van der Waals surface area contributed by atoms with Gasteiger partial charge in [-0.05, 0) is 26.0 Å². The lowest BCUT2D eigenvalue weighted by Gasteiger charge is -2.21. The monoisotopic (exact) mass is 273 g/mol. The molecule has 20 heavy (non-hydrogen) atoms. The average Bonchev–Trinajstić information content (AvgIpc) is 2.89. The Morgan fingerprint density at radius 1 is 1.35 bits per heavy atom. The van der Waals surface area contributed by atoms with Gasteiger partial charge in [0.2, 0.25) is 5.95 Å². The molecule has 2 heterocycles. The highest BCUT2D eigenvalue weighted by Crippen LogP contribution is 2.37. The maximum Gasteiger partial charge on any atom is 0.224 e. The van der Waals surface area contributed by atoms with Crippen LogP contribution in [-0.2, 0) is 6.54 Å². The third kappa shape index (κ3) is 2.07. The van der Waals surface area contributed by atoms with Crippen LogP contribution in [0.1, 0.15) is 13.8 Å². The van der Waals surface area contributed by atoms with Gasteiger partial charge in [0.1, 0.15) is 6.61 Å². The molecule has 1 aliphatic heterocycles. The standard InChI is InChI=1S/C14H19N5O/c1-3-15-14-18-17-13(19(14)4-2)10-6-5-7-11-12(10)20-9-8-16-11/h5-7,16H,3-4,8-9H2,1-2H3,(H,15,18). The molecule has 0 saturated heterocycles. The molecule has 6 heteroatoms. The average molecular weight is 273 g/mol. The normalized spacial score (nSPS) is 13.3. The van der Waals surface area contributed by atoms with E-state index in [4.69, 9.17) is 4.74 Å². The van der Waals surface area contributed by atoms with Crippen LogP contribution in [0.4, 0.5) is 11.6 Å². The zero-order chi connectivity index (χ0) is 13.9. The fraction of sp³-hybridized carbons (Fsp3) is 0.429. The Labute approximate surface area is 118 Å². The van der Waals surface area contributed by atoms with E-state index in [1.807, 2.05) is 25.1 Å². The molecule has 2 aromatic rings. The number of hydrogen-bond acceptors (Lipinski definition) is 5. The lowest BCUT2D eigenvalue weighted by atomic mass is 10.1. The summed E-state index contributed by atoms with van der Waals surface area (Å²) in [5.74, 6) is 2.50. The first-order chi connectivity index (χ1) is 9.85. The van der Waals surface area contributed by atoms with Crippen molar-refractivity contribution in [2.75, 3.05) is 30.3 Å². The van der Waals surface area contributed by atoms with Crippen LogP contribution in [0.25, 0.3) is 11.4 Å². The molecule has 3 rings (SSSR count). The lowest BCUT2D eigenvalue weighted by molar-refractivity contribution is 0.324. The Morgan fingerprint density at radius 2 is 2.25 bits per heavy atom. The molecule has 0 atom stereocenters. The molecule has 0 amide bonds. The highest BCUT2D eigenvalue weighted by atomic mass is 16.5. The number of nitrogens with zero attached hydrogens (tertiary/aromatic N) is 3. The number of fused-ring (bicyclic) bond motifs is 1. The van der Waals surface area contributed by atoms with Crippen molar-refractivity contribution in [3.05, 3.63) is 18.2 Å². The third-order valence-electron chi connectivity index (χ3n) is 3.32. The smallest absolute Gasteiger partial charge is 0.224 e. The van der Waals surface area contributed by atoms with Gasteiger partial charge >= 0.3 is 0 Å². The zero-order valence-corrected chi connectivity index (χ0v) is 11.8. The Morgan fingerprint density at radius 3 is 3.05 bits per heavy atom. The fourth-order valence-corrected chi connectivity index (χ4v) is 2.44. The minimum Gasteiger partial charge on any atom is -0.489 e. The van der Waals surface area contributed by atoms with Crippen LogP contribution >= 0.6 is 0 Å². The first kappa shape index (κ1) is 12.8. The first-order valence-corrected chi connectivity index (χ1v) is 7.02. The minimum atomic E-state index is 0.671. The van der Waals surface area contributed by atoms with Crippen LogP contribution < -0.4 is 15.4 Å². The van der Waals surface area contributed by atoms with Crippen molar-refractivity contribution < 1.29 is 4.74 Å². The number of aromatic nitrogens is 3. The number of benzene rings is 1. The maximum absolute atomic E-state index is 5.81. The van der Waals surface area contributed by atoms with Crippen molar-refractivity contribution in [1.29, 1.82) is 0 Å². The van der Waals surface area contributed by atoms with Gasteiger partial charge in [-0.15, -0.1) is 10.2 Å². The van der Waals surface area contributed by atoms with Crippen LogP contribution in [-0.4, -0.2) is 34.5 Å². The van der Waals surface area contributed by atoms with Crippen molar-refractivity contribution in [2.24, 2.45) is 0 Å². The topological polar surface area (TPSA) is 64.0 Å². The second-order valence-electron chi connectivity index (χ2n) is 4.58. The van der Waals surface area contributed by atoms with E-state index in [1.165, 1.54) is 0 Å². The van der Waals surface area contributed by atoms with Crippen LogP contribution in [0.15, 0.2) is 18.2 Å². The van der Waals surface area contributed by atoms with E-state index < -0.39 is 0 Å². The fourth-order valence-electron chi connectivity index (χ4n) is 2.44. The summed E-state index contributed by atoms with van der Waals surface area (Å²) in [4.78, 5) is 0. The number of ether oxygens (including phenoxy) is 1. The summed E-state index contributed by atoms with van der Waals surface area (Å²) in [6, 6.07) is 6.06. The van der Waals surface area contributed by atoms with Gasteiger partial charge < -0.3 is 15.4 Å². The number of anilines is 2. The van der Waals surface area contributed by atoms with Gasteiger partial charge in [0.05, 0.1) is 11.3 Å². The van der Waals surface area contributed by atoms with Crippen LogP contribution in [0.5, 0.6) is 5.75 Å². The van der Waals surface area contributed by atoms with E-state index in [-0.39, 0.29) is 0 Å². The second kappa shape index (κ2) is 5.40. The summed E-state index contributed by atoms with van der Waals surface area (Å²) in [6.07, 6.45) is 0. The molecule has 0 spiro atoms. The lowest BCUT2D eigenvalue weighted by Crippen LogP contribution is -2.18. The molecule has 0 saturated carbocycles.